The zero-order valence-electron chi connectivity index (χ0n) is 13.1. The number of para-hydroxylation sites is 1. The van der Waals surface area contributed by atoms with E-state index in [9.17, 15) is 24.8 Å². The van der Waals surface area contributed by atoms with Crippen molar-refractivity contribution in [2.24, 2.45) is 5.10 Å². The van der Waals surface area contributed by atoms with Gasteiger partial charge in [0.2, 0.25) is 0 Å². The van der Waals surface area contributed by atoms with Crippen LogP contribution < -0.4 is 10.7 Å². The van der Waals surface area contributed by atoms with E-state index in [0.717, 1.165) is 30.0 Å². The molecule has 2 aromatic rings. The van der Waals surface area contributed by atoms with Crippen molar-refractivity contribution in [3.63, 3.8) is 0 Å². The number of phenols is 1. The minimum atomic E-state index is -1.02. The van der Waals surface area contributed by atoms with Crippen LogP contribution in [0.5, 0.6) is 5.75 Å². The Kier molecular flexibility index (Phi) is 5.41. The Bertz CT molecular complexity index is 863. The molecule has 2 rings (SSSR count). The van der Waals surface area contributed by atoms with Crippen LogP contribution in [0.25, 0.3) is 0 Å². The molecule has 3 N–H and O–H groups in total. The Morgan fingerprint density at radius 1 is 1.20 bits per heavy atom. The molecule has 2 amide bonds. The zero-order chi connectivity index (χ0) is 18.4. The smallest absolute Gasteiger partial charge is 0.329 e. The molecule has 0 aliphatic carbocycles. The number of non-ortho nitro benzene ring substituents is 1. The molecule has 2 aromatic carbocycles. The lowest BCUT2D eigenvalue weighted by atomic mass is 10.2. The molecule has 0 heterocycles. The summed E-state index contributed by atoms with van der Waals surface area (Å²) in [5.74, 6) is -2.20. The molecule has 25 heavy (non-hydrogen) atoms. The highest BCUT2D eigenvalue weighted by Crippen LogP contribution is 2.21. The van der Waals surface area contributed by atoms with Gasteiger partial charge in [-0.1, -0.05) is 18.2 Å². The van der Waals surface area contributed by atoms with Crippen molar-refractivity contribution in [1.82, 2.24) is 5.43 Å². The fraction of sp³-hybridized carbons (Fsp3) is 0.0625. The van der Waals surface area contributed by atoms with Crippen LogP contribution in [-0.2, 0) is 9.59 Å². The number of anilines is 1. The summed E-state index contributed by atoms with van der Waals surface area (Å²) in [6.07, 6.45) is 1.00. The van der Waals surface area contributed by atoms with E-state index in [2.05, 4.69) is 10.4 Å². The number of hydrogen-bond acceptors (Lipinski definition) is 6. The lowest BCUT2D eigenvalue weighted by molar-refractivity contribution is -0.384. The molecule has 0 aliphatic heterocycles. The number of nitro groups is 1. The fourth-order valence-electron chi connectivity index (χ4n) is 1.86. The van der Waals surface area contributed by atoms with Crippen LogP contribution in [0.3, 0.4) is 0 Å². The number of carbonyl (C=O) groups excluding carboxylic acids is 2. The van der Waals surface area contributed by atoms with Crippen LogP contribution in [0.1, 0.15) is 11.1 Å². The second-order valence-electron chi connectivity index (χ2n) is 4.97. The number of nitrogens with zero attached hydrogens (tertiary/aromatic N) is 2. The summed E-state index contributed by atoms with van der Waals surface area (Å²) < 4.78 is 0. The highest BCUT2D eigenvalue weighted by molar-refractivity contribution is 6.39. The lowest BCUT2D eigenvalue weighted by Crippen LogP contribution is -2.32. The van der Waals surface area contributed by atoms with Gasteiger partial charge in [0.25, 0.3) is 5.69 Å². The van der Waals surface area contributed by atoms with Crippen LogP contribution in [0.2, 0.25) is 0 Å². The number of nitro benzene ring substituents is 1. The molecule has 0 bridgehead atoms. The van der Waals surface area contributed by atoms with E-state index in [0.29, 0.717) is 5.69 Å². The van der Waals surface area contributed by atoms with E-state index in [1.54, 1.807) is 31.2 Å². The highest BCUT2D eigenvalue weighted by Gasteiger charge is 2.14. The van der Waals surface area contributed by atoms with Gasteiger partial charge < -0.3 is 10.4 Å². The van der Waals surface area contributed by atoms with Crippen LogP contribution in [0.4, 0.5) is 11.4 Å². The number of rotatable bonds is 4. The monoisotopic (exact) mass is 342 g/mol. The summed E-state index contributed by atoms with van der Waals surface area (Å²) in [4.78, 5) is 33.5. The molecule has 128 valence electrons. The first-order valence-corrected chi connectivity index (χ1v) is 7.06. The Morgan fingerprint density at radius 3 is 2.60 bits per heavy atom. The SMILES string of the molecule is Cc1ccccc1NC(=O)C(=O)N/N=C\c1cc([N+](=O)[O-])ccc1O. The van der Waals surface area contributed by atoms with Gasteiger partial charge in [0.05, 0.1) is 11.1 Å². The first-order chi connectivity index (χ1) is 11.9. The average molecular weight is 342 g/mol. The molecule has 0 spiro atoms. The van der Waals surface area contributed by atoms with Gasteiger partial charge in [0, 0.05) is 23.4 Å². The third-order valence-electron chi connectivity index (χ3n) is 3.19. The lowest BCUT2D eigenvalue weighted by Gasteiger charge is -2.06. The van der Waals surface area contributed by atoms with E-state index < -0.39 is 16.7 Å². The van der Waals surface area contributed by atoms with Crippen molar-refractivity contribution in [3.8, 4) is 5.75 Å². The Hall–Kier alpha value is -3.75. The number of hydrogen-bond donors (Lipinski definition) is 3. The van der Waals surface area contributed by atoms with Crippen molar-refractivity contribution in [1.29, 1.82) is 0 Å². The van der Waals surface area contributed by atoms with Crippen LogP contribution in [0, 0.1) is 17.0 Å². The Morgan fingerprint density at radius 2 is 1.92 bits per heavy atom. The Labute approximate surface area is 142 Å². The van der Waals surface area contributed by atoms with Crippen molar-refractivity contribution < 1.29 is 19.6 Å². The zero-order valence-corrected chi connectivity index (χ0v) is 13.1. The van der Waals surface area contributed by atoms with Gasteiger partial charge in [-0.05, 0) is 24.6 Å². The maximum Gasteiger partial charge on any atom is 0.329 e. The van der Waals surface area contributed by atoms with Crippen molar-refractivity contribution in [2.45, 2.75) is 6.92 Å². The number of aromatic hydroxyl groups is 1. The number of amides is 2. The molecule has 0 fully saturated rings. The highest BCUT2D eigenvalue weighted by atomic mass is 16.6. The fourth-order valence-corrected chi connectivity index (χ4v) is 1.86. The molecular formula is C16H14N4O5. The predicted octanol–water partition coefficient (Wildman–Crippen LogP) is 1.70. The van der Waals surface area contributed by atoms with E-state index >= 15 is 0 Å². The summed E-state index contributed by atoms with van der Waals surface area (Å²) in [5.41, 5.74) is 3.03. The van der Waals surface area contributed by atoms with Crippen LogP contribution >= 0.6 is 0 Å². The van der Waals surface area contributed by atoms with Gasteiger partial charge in [-0.2, -0.15) is 5.10 Å². The van der Waals surface area contributed by atoms with Crippen molar-refractivity contribution >= 4 is 29.4 Å². The van der Waals surface area contributed by atoms with E-state index in [1.807, 2.05) is 5.43 Å². The molecule has 0 atom stereocenters. The maximum absolute atomic E-state index is 11.8. The first kappa shape index (κ1) is 17.6. The second-order valence-corrected chi connectivity index (χ2v) is 4.97. The second kappa shape index (κ2) is 7.68. The van der Waals surface area contributed by atoms with Gasteiger partial charge >= 0.3 is 11.8 Å². The molecule has 9 heteroatoms. The van der Waals surface area contributed by atoms with Crippen molar-refractivity contribution in [2.75, 3.05) is 5.32 Å². The predicted molar refractivity (Wildman–Crippen MR) is 90.3 cm³/mol. The Balaban J connectivity index is 2.01. The summed E-state index contributed by atoms with van der Waals surface area (Å²) >= 11 is 0. The third kappa shape index (κ3) is 4.61. The van der Waals surface area contributed by atoms with Gasteiger partial charge in [-0.25, -0.2) is 5.43 Å². The standard InChI is InChI=1S/C16H14N4O5/c1-10-4-2-3-5-13(10)18-15(22)16(23)19-17-9-11-8-12(20(24)25)6-7-14(11)21/h2-9,21H,1H3,(H,18,22)(H,19,23)/b17-9-. The quantitative estimate of drug-likeness (QED) is 0.336. The molecule has 0 saturated carbocycles. The summed E-state index contributed by atoms with van der Waals surface area (Å²) in [5, 5.41) is 26.3. The van der Waals surface area contributed by atoms with Crippen LogP contribution in [0.15, 0.2) is 47.6 Å². The largest absolute Gasteiger partial charge is 0.507 e. The van der Waals surface area contributed by atoms with E-state index in [4.69, 9.17) is 0 Å². The number of aryl methyl sites for hydroxylation is 1. The number of hydrazone groups is 1. The summed E-state index contributed by atoms with van der Waals surface area (Å²) in [6.45, 7) is 1.77. The van der Waals surface area contributed by atoms with Crippen LogP contribution in [-0.4, -0.2) is 28.1 Å². The first-order valence-electron chi connectivity index (χ1n) is 7.06. The van der Waals surface area contributed by atoms with Gasteiger partial charge in [0.1, 0.15) is 5.75 Å². The molecule has 0 unspecified atom stereocenters. The third-order valence-corrected chi connectivity index (χ3v) is 3.19. The molecular weight excluding hydrogens is 328 g/mol. The van der Waals surface area contributed by atoms with E-state index in [1.165, 1.54) is 0 Å². The topological polar surface area (TPSA) is 134 Å². The molecule has 0 saturated heterocycles. The summed E-state index contributed by atoms with van der Waals surface area (Å²) in [7, 11) is 0. The summed E-state index contributed by atoms with van der Waals surface area (Å²) in [6, 6.07) is 10.3. The minimum absolute atomic E-state index is 0.0220. The van der Waals surface area contributed by atoms with Gasteiger partial charge in [-0.3, -0.25) is 19.7 Å². The normalized spacial score (nSPS) is 10.4. The van der Waals surface area contributed by atoms with E-state index in [-0.39, 0.29) is 17.0 Å². The number of phenolic OH excluding ortho intramolecular Hbond substituents is 1. The van der Waals surface area contributed by atoms with Gasteiger partial charge in [0.15, 0.2) is 0 Å². The maximum atomic E-state index is 11.8. The minimum Gasteiger partial charge on any atom is -0.507 e. The number of nitrogens with one attached hydrogen (secondary N) is 2. The molecule has 0 aliphatic rings. The number of benzene rings is 2. The molecule has 0 aromatic heterocycles. The van der Waals surface area contributed by atoms with Crippen molar-refractivity contribution in [3.05, 3.63) is 63.7 Å². The number of carbonyl (C=O) groups is 2. The van der Waals surface area contributed by atoms with Gasteiger partial charge in [-0.15, -0.1) is 0 Å². The average Bonchev–Trinajstić information content (AvgIpc) is 2.58. The molecule has 9 nitrogen and oxygen atoms in total. The molecule has 0 radical (unpaired) electrons.